The molecule has 2 aromatic carbocycles. The zero-order valence-electron chi connectivity index (χ0n) is 10.7. The van der Waals surface area contributed by atoms with Crippen LogP contribution < -0.4 is 5.32 Å². The number of nitrogens with zero attached hydrogens (tertiary/aromatic N) is 1. The van der Waals surface area contributed by atoms with E-state index in [-0.39, 0.29) is 5.91 Å². The molecular formula is C16H13BrN2O. The normalized spacial score (nSPS) is 10.7. The first kappa shape index (κ1) is 12.9. The summed E-state index contributed by atoms with van der Waals surface area (Å²) in [5.41, 5.74) is 1.86. The number of amides is 1. The Balaban J connectivity index is 1.76. The van der Waals surface area contributed by atoms with Crippen LogP contribution in [0.2, 0.25) is 0 Å². The van der Waals surface area contributed by atoms with Crippen molar-refractivity contribution in [2.75, 3.05) is 5.32 Å². The minimum absolute atomic E-state index is 0.0375. The summed E-state index contributed by atoms with van der Waals surface area (Å²) in [6.45, 7) is 0.306. The van der Waals surface area contributed by atoms with Gasteiger partial charge in [0.15, 0.2) is 0 Å². The number of rotatable bonds is 3. The number of carbonyl (C=O) groups is 1. The Bertz CT molecular complexity index is 764. The first-order chi connectivity index (χ1) is 9.72. The zero-order chi connectivity index (χ0) is 13.9. The van der Waals surface area contributed by atoms with Crippen LogP contribution in [0.15, 0.2) is 65.3 Å². The number of carbonyl (C=O) groups excluding carboxylic acids is 1. The Labute approximate surface area is 125 Å². The maximum absolute atomic E-state index is 12.1. The smallest absolute Gasteiger partial charge is 0.244 e. The molecule has 0 spiro atoms. The van der Waals surface area contributed by atoms with Crippen LogP contribution >= 0.6 is 15.9 Å². The fourth-order valence-electron chi connectivity index (χ4n) is 2.20. The lowest BCUT2D eigenvalue weighted by molar-refractivity contribution is -0.116. The lowest BCUT2D eigenvalue weighted by Crippen LogP contribution is -2.18. The van der Waals surface area contributed by atoms with E-state index in [0.29, 0.717) is 6.54 Å². The van der Waals surface area contributed by atoms with Crippen LogP contribution in [-0.4, -0.2) is 10.5 Å². The molecule has 4 heteroatoms. The van der Waals surface area contributed by atoms with E-state index in [0.717, 1.165) is 21.1 Å². The van der Waals surface area contributed by atoms with Crippen molar-refractivity contribution in [1.82, 2.24) is 4.57 Å². The van der Waals surface area contributed by atoms with E-state index in [1.807, 2.05) is 65.4 Å². The van der Waals surface area contributed by atoms with Gasteiger partial charge in [-0.3, -0.25) is 4.79 Å². The highest BCUT2D eigenvalue weighted by molar-refractivity contribution is 9.10. The quantitative estimate of drug-likeness (QED) is 0.773. The summed E-state index contributed by atoms with van der Waals surface area (Å²) in [4.78, 5) is 12.1. The van der Waals surface area contributed by atoms with Gasteiger partial charge in [-0.2, -0.15) is 0 Å². The van der Waals surface area contributed by atoms with Crippen LogP contribution in [-0.2, 0) is 11.3 Å². The highest BCUT2D eigenvalue weighted by Crippen LogP contribution is 2.17. The second-order valence-electron chi connectivity index (χ2n) is 4.56. The van der Waals surface area contributed by atoms with Crippen LogP contribution in [0.25, 0.3) is 10.9 Å². The fourth-order valence-corrected chi connectivity index (χ4v) is 2.60. The van der Waals surface area contributed by atoms with Crippen molar-refractivity contribution in [2.24, 2.45) is 0 Å². The van der Waals surface area contributed by atoms with Crippen LogP contribution in [0, 0.1) is 0 Å². The Morgan fingerprint density at radius 3 is 2.80 bits per heavy atom. The summed E-state index contributed by atoms with van der Waals surface area (Å²) in [6, 6.07) is 17.6. The van der Waals surface area contributed by atoms with Gasteiger partial charge in [-0.05, 0) is 35.7 Å². The Kier molecular flexibility index (Phi) is 3.56. The van der Waals surface area contributed by atoms with E-state index < -0.39 is 0 Å². The summed E-state index contributed by atoms with van der Waals surface area (Å²) in [5, 5.41) is 4.04. The molecule has 0 aliphatic rings. The average molecular weight is 329 g/mol. The van der Waals surface area contributed by atoms with E-state index in [9.17, 15) is 4.79 Å². The molecule has 0 saturated heterocycles. The molecule has 0 radical (unpaired) electrons. The van der Waals surface area contributed by atoms with Gasteiger partial charge in [0.05, 0.1) is 0 Å². The van der Waals surface area contributed by atoms with Crippen LogP contribution in [0.3, 0.4) is 0 Å². The van der Waals surface area contributed by atoms with Crippen molar-refractivity contribution in [3.05, 3.63) is 65.3 Å². The standard InChI is InChI=1S/C16H13BrN2O/c17-13-5-3-6-14(10-13)18-16(20)11-19-9-8-12-4-1-2-7-15(12)19/h1-10H,11H2,(H,18,20). The third-order valence-electron chi connectivity index (χ3n) is 3.10. The molecule has 0 atom stereocenters. The summed E-state index contributed by atoms with van der Waals surface area (Å²) in [6.07, 6.45) is 1.94. The predicted octanol–water partition coefficient (Wildman–Crippen LogP) is 4.04. The van der Waals surface area contributed by atoms with Crippen molar-refractivity contribution < 1.29 is 4.79 Å². The van der Waals surface area contributed by atoms with Gasteiger partial charge in [0.1, 0.15) is 6.54 Å². The average Bonchev–Trinajstić information content (AvgIpc) is 2.82. The number of nitrogens with one attached hydrogen (secondary N) is 1. The molecular weight excluding hydrogens is 316 g/mol. The number of hydrogen-bond donors (Lipinski definition) is 1. The van der Waals surface area contributed by atoms with Gasteiger partial charge >= 0.3 is 0 Å². The minimum atomic E-state index is -0.0375. The molecule has 3 rings (SSSR count). The summed E-state index contributed by atoms with van der Waals surface area (Å²) in [5.74, 6) is -0.0375. The highest BCUT2D eigenvalue weighted by atomic mass is 79.9. The fraction of sp³-hybridized carbons (Fsp3) is 0.0625. The van der Waals surface area contributed by atoms with Gasteiger partial charge in [-0.15, -0.1) is 0 Å². The molecule has 0 aliphatic carbocycles. The lowest BCUT2D eigenvalue weighted by atomic mass is 10.2. The van der Waals surface area contributed by atoms with Crippen molar-refractivity contribution in [3.8, 4) is 0 Å². The summed E-state index contributed by atoms with van der Waals surface area (Å²) < 4.78 is 2.89. The molecule has 0 saturated carbocycles. The molecule has 0 unspecified atom stereocenters. The number of anilines is 1. The van der Waals surface area contributed by atoms with Crippen molar-refractivity contribution >= 4 is 38.4 Å². The van der Waals surface area contributed by atoms with Crippen LogP contribution in [0.1, 0.15) is 0 Å². The minimum Gasteiger partial charge on any atom is -0.338 e. The van der Waals surface area contributed by atoms with Crippen LogP contribution in [0.5, 0.6) is 0 Å². The first-order valence-electron chi connectivity index (χ1n) is 6.32. The van der Waals surface area contributed by atoms with Gasteiger partial charge in [0, 0.05) is 21.9 Å². The van der Waals surface area contributed by atoms with E-state index >= 15 is 0 Å². The van der Waals surface area contributed by atoms with Crippen LogP contribution in [0.4, 0.5) is 5.69 Å². The Morgan fingerprint density at radius 2 is 1.95 bits per heavy atom. The van der Waals surface area contributed by atoms with Crippen molar-refractivity contribution in [3.63, 3.8) is 0 Å². The van der Waals surface area contributed by atoms with Gasteiger partial charge in [-0.1, -0.05) is 40.2 Å². The highest BCUT2D eigenvalue weighted by Gasteiger charge is 2.06. The first-order valence-corrected chi connectivity index (χ1v) is 7.11. The SMILES string of the molecule is O=C(Cn1ccc2ccccc21)Nc1cccc(Br)c1. The molecule has 1 amide bonds. The second-order valence-corrected chi connectivity index (χ2v) is 5.48. The zero-order valence-corrected chi connectivity index (χ0v) is 12.3. The van der Waals surface area contributed by atoms with Crippen molar-refractivity contribution in [1.29, 1.82) is 0 Å². The topological polar surface area (TPSA) is 34.0 Å². The number of benzene rings is 2. The molecule has 3 nitrogen and oxygen atoms in total. The van der Waals surface area contributed by atoms with E-state index in [1.165, 1.54) is 0 Å². The molecule has 1 aromatic heterocycles. The van der Waals surface area contributed by atoms with E-state index in [4.69, 9.17) is 0 Å². The maximum atomic E-state index is 12.1. The third kappa shape index (κ3) is 2.75. The number of hydrogen-bond acceptors (Lipinski definition) is 1. The number of fused-ring (bicyclic) bond motifs is 1. The van der Waals surface area contributed by atoms with Gasteiger partial charge in [0.2, 0.25) is 5.91 Å². The summed E-state index contributed by atoms with van der Waals surface area (Å²) >= 11 is 3.39. The lowest BCUT2D eigenvalue weighted by Gasteiger charge is -2.07. The molecule has 0 fully saturated rings. The molecule has 100 valence electrons. The summed E-state index contributed by atoms with van der Waals surface area (Å²) in [7, 11) is 0. The van der Waals surface area contributed by atoms with E-state index in [2.05, 4.69) is 21.2 Å². The Morgan fingerprint density at radius 1 is 1.10 bits per heavy atom. The molecule has 1 N–H and O–H groups in total. The monoisotopic (exact) mass is 328 g/mol. The largest absolute Gasteiger partial charge is 0.338 e. The van der Waals surface area contributed by atoms with Crippen molar-refractivity contribution in [2.45, 2.75) is 6.54 Å². The molecule has 0 aliphatic heterocycles. The molecule has 0 bridgehead atoms. The second kappa shape index (κ2) is 5.51. The Hall–Kier alpha value is -2.07. The van der Waals surface area contributed by atoms with Gasteiger partial charge in [-0.25, -0.2) is 0 Å². The molecule has 20 heavy (non-hydrogen) atoms. The number of halogens is 1. The van der Waals surface area contributed by atoms with Gasteiger partial charge < -0.3 is 9.88 Å². The molecule has 3 aromatic rings. The predicted molar refractivity (Wildman–Crippen MR) is 84.7 cm³/mol. The maximum Gasteiger partial charge on any atom is 0.244 e. The number of para-hydroxylation sites is 1. The third-order valence-corrected chi connectivity index (χ3v) is 3.60. The van der Waals surface area contributed by atoms with E-state index in [1.54, 1.807) is 0 Å². The molecule has 1 heterocycles. The number of aromatic nitrogens is 1. The van der Waals surface area contributed by atoms with Gasteiger partial charge in [0.25, 0.3) is 0 Å².